The van der Waals surface area contributed by atoms with Crippen LogP contribution in [0.25, 0.3) is 0 Å². The molecule has 0 unspecified atom stereocenters. The number of halogens is 1. The van der Waals surface area contributed by atoms with Crippen molar-refractivity contribution in [2.24, 2.45) is 0 Å². The average molecular weight is 435 g/mol. The number of ether oxygens (including phenoxy) is 1. The molecule has 28 heavy (non-hydrogen) atoms. The first-order valence-electron chi connectivity index (χ1n) is 8.01. The van der Waals surface area contributed by atoms with Gasteiger partial charge in [-0.05, 0) is 36.4 Å². The average Bonchev–Trinajstić information content (AvgIpc) is 3.15. The third-order valence-corrected chi connectivity index (χ3v) is 5.76. The molecule has 2 aromatic carbocycles. The molecule has 1 heterocycles. The smallest absolute Gasteiger partial charge is 0.257 e. The van der Waals surface area contributed by atoms with E-state index in [1.165, 1.54) is 23.1 Å². The van der Waals surface area contributed by atoms with E-state index in [0.717, 1.165) is 0 Å². The summed E-state index contributed by atoms with van der Waals surface area (Å²) in [6.07, 6.45) is 0. The van der Waals surface area contributed by atoms with Crippen molar-refractivity contribution < 1.29 is 14.3 Å². The van der Waals surface area contributed by atoms with Gasteiger partial charge in [0, 0.05) is 5.56 Å². The number of benzene rings is 2. The third kappa shape index (κ3) is 5.44. The summed E-state index contributed by atoms with van der Waals surface area (Å²) in [5.41, 5.74) is 1.03. The van der Waals surface area contributed by atoms with Gasteiger partial charge in [0.1, 0.15) is 5.75 Å². The molecule has 0 radical (unpaired) electrons. The fourth-order valence-electron chi connectivity index (χ4n) is 2.11. The van der Waals surface area contributed by atoms with E-state index < -0.39 is 0 Å². The first kappa shape index (κ1) is 20.1. The normalized spacial score (nSPS) is 10.4. The van der Waals surface area contributed by atoms with Crippen molar-refractivity contribution in [1.82, 2.24) is 10.2 Å². The van der Waals surface area contributed by atoms with Crippen LogP contribution >= 0.6 is 34.7 Å². The van der Waals surface area contributed by atoms with Gasteiger partial charge < -0.3 is 10.1 Å². The molecule has 0 atom stereocenters. The van der Waals surface area contributed by atoms with Gasteiger partial charge in [0.05, 0.1) is 23.6 Å². The summed E-state index contributed by atoms with van der Waals surface area (Å²) in [6.45, 7) is 0. The molecule has 2 N–H and O–H groups in total. The molecular weight excluding hydrogens is 420 g/mol. The predicted molar refractivity (Wildman–Crippen MR) is 112 cm³/mol. The quantitative estimate of drug-likeness (QED) is 0.428. The molecule has 0 saturated carbocycles. The molecule has 0 fully saturated rings. The number of hydrogen-bond acceptors (Lipinski definition) is 7. The highest BCUT2D eigenvalue weighted by Gasteiger charge is 2.12. The van der Waals surface area contributed by atoms with Gasteiger partial charge in [0.15, 0.2) is 4.34 Å². The van der Waals surface area contributed by atoms with Crippen LogP contribution in [0.1, 0.15) is 10.4 Å². The molecule has 3 rings (SSSR count). The maximum absolute atomic E-state index is 12.2. The van der Waals surface area contributed by atoms with Crippen LogP contribution in [0.4, 0.5) is 10.8 Å². The zero-order valence-electron chi connectivity index (χ0n) is 14.6. The molecule has 0 aliphatic rings. The standard InChI is InChI=1S/C18H15ClN4O3S2/c1-26-12-8-6-11(7-9-12)16(25)21-17-22-23-18(28-17)27-10-15(24)20-14-5-3-2-4-13(14)19/h2-9H,10H2,1H3,(H,20,24)(H,21,22,25). The number of carbonyl (C=O) groups excluding carboxylic acids is 2. The molecule has 7 nitrogen and oxygen atoms in total. The van der Waals surface area contributed by atoms with Crippen LogP contribution in [0.15, 0.2) is 52.9 Å². The van der Waals surface area contributed by atoms with Crippen molar-refractivity contribution in [2.75, 3.05) is 23.5 Å². The lowest BCUT2D eigenvalue weighted by Gasteiger charge is -2.05. The zero-order valence-corrected chi connectivity index (χ0v) is 17.0. The fraction of sp³-hybridized carbons (Fsp3) is 0.111. The molecule has 0 aliphatic heterocycles. The largest absolute Gasteiger partial charge is 0.497 e. The highest BCUT2D eigenvalue weighted by Crippen LogP contribution is 2.27. The second-order valence-electron chi connectivity index (χ2n) is 5.37. The third-order valence-electron chi connectivity index (χ3n) is 3.45. The fourth-order valence-corrected chi connectivity index (χ4v) is 3.84. The van der Waals surface area contributed by atoms with E-state index in [9.17, 15) is 9.59 Å². The van der Waals surface area contributed by atoms with E-state index in [0.29, 0.717) is 31.5 Å². The minimum atomic E-state index is -0.299. The zero-order chi connectivity index (χ0) is 19.9. The number of para-hydroxylation sites is 1. The van der Waals surface area contributed by atoms with Gasteiger partial charge in [-0.1, -0.05) is 46.8 Å². The van der Waals surface area contributed by atoms with E-state index in [-0.39, 0.29) is 17.6 Å². The van der Waals surface area contributed by atoms with Gasteiger partial charge >= 0.3 is 0 Å². The van der Waals surface area contributed by atoms with E-state index in [1.54, 1.807) is 55.6 Å². The van der Waals surface area contributed by atoms with Crippen LogP contribution in [0.2, 0.25) is 5.02 Å². The van der Waals surface area contributed by atoms with Crippen LogP contribution in [0.5, 0.6) is 5.75 Å². The van der Waals surface area contributed by atoms with E-state index in [1.807, 2.05) is 0 Å². The van der Waals surface area contributed by atoms with Crippen molar-refractivity contribution in [3.05, 3.63) is 59.1 Å². The van der Waals surface area contributed by atoms with Crippen LogP contribution in [-0.4, -0.2) is 34.9 Å². The summed E-state index contributed by atoms with van der Waals surface area (Å²) in [5, 5.41) is 14.2. The summed E-state index contributed by atoms with van der Waals surface area (Å²) in [4.78, 5) is 24.3. The summed E-state index contributed by atoms with van der Waals surface area (Å²) in [7, 11) is 1.56. The van der Waals surface area contributed by atoms with Crippen molar-refractivity contribution in [3.8, 4) is 5.75 Å². The summed E-state index contributed by atoms with van der Waals surface area (Å²) in [5.74, 6) is 0.303. The van der Waals surface area contributed by atoms with Crippen LogP contribution in [0, 0.1) is 0 Å². The number of thioether (sulfide) groups is 1. The second kappa shape index (κ2) is 9.54. The first-order valence-corrected chi connectivity index (χ1v) is 10.2. The number of hydrogen-bond donors (Lipinski definition) is 2. The Bertz CT molecular complexity index is 979. The predicted octanol–water partition coefficient (Wildman–Crippen LogP) is 4.18. The van der Waals surface area contributed by atoms with Gasteiger partial charge in [0.25, 0.3) is 5.91 Å². The van der Waals surface area contributed by atoms with E-state index in [2.05, 4.69) is 20.8 Å². The molecule has 144 valence electrons. The molecule has 1 aromatic heterocycles. The van der Waals surface area contributed by atoms with E-state index >= 15 is 0 Å². The van der Waals surface area contributed by atoms with Gasteiger partial charge in [-0.25, -0.2) is 0 Å². The Morgan fingerprint density at radius 2 is 1.86 bits per heavy atom. The topological polar surface area (TPSA) is 93.2 Å². The Hall–Kier alpha value is -2.62. The van der Waals surface area contributed by atoms with Crippen LogP contribution < -0.4 is 15.4 Å². The monoisotopic (exact) mass is 434 g/mol. The number of aromatic nitrogens is 2. The summed E-state index contributed by atoms with van der Waals surface area (Å²) < 4.78 is 5.63. The Kier molecular flexibility index (Phi) is 6.85. The first-order chi connectivity index (χ1) is 13.5. The Morgan fingerprint density at radius 3 is 2.57 bits per heavy atom. The van der Waals surface area contributed by atoms with E-state index in [4.69, 9.17) is 16.3 Å². The molecule has 0 aliphatic carbocycles. The number of nitrogens with one attached hydrogen (secondary N) is 2. The molecule has 0 saturated heterocycles. The van der Waals surface area contributed by atoms with Crippen molar-refractivity contribution in [1.29, 1.82) is 0 Å². The number of methoxy groups -OCH3 is 1. The minimum Gasteiger partial charge on any atom is -0.497 e. The van der Waals surface area contributed by atoms with Crippen LogP contribution in [0.3, 0.4) is 0 Å². The molecule has 0 spiro atoms. The minimum absolute atomic E-state index is 0.145. The van der Waals surface area contributed by atoms with Crippen molar-refractivity contribution in [3.63, 3.8) is 0 Å². The Morgan fingerprint density at radius 1 is 1.11 bits per heavy atom. The molecule has 10 heteroatoms. The number of rotatable bonds is 7. The SMILES string of the molecule is COc1ccc(C(=O)Nc2nnc(SCC(=O)Nc3ccccc3Cl)s2)cc1. The van der Waals surface area contributed by atoms with Gasteiger partial charge in [-0.15, -0.1) is 10.2 Å². The van der Waals surface area contributed by atoms with Gasteiger partial charge in [-0.2, -0.15) is 0 Å². The highest BCUT2D eigenvalue weighted by molar-refractivity contribution is 8.01. The lowest BCUT2D eigenvalue weighted by Crippen LogP contribution is -2.14. The molecule has 3 aromatic rings. The number of anilines is 2. The lowest BCUT2D eigenvalue weighted by atomic mass is 10.2. The van der Waals surface area contributed by atoms with Crippen molar-refractivity contribution >= 4 is 57.3 Å². The van der Waals surface area contributed by atoms with Gasteiger partial charge in [-0.3, -0.25) is 14.9 Å². The molecular formula is C18H15ClN4O3S2. The number of amides is 2. The Balaban J connectivity index is 1.51. The second-order valence-corrected chi connectivity index (χ2v) is 7.98. The maximum Gasteiger partial charge on any atom is 0.257 e. The maximum atomic E-state index is 12.2. The van der Waals surface area contributed by atoms with Gasteiger partial charge in [0.2, 0.25) is 11.0 Å². The number of carbonyl (C=O) groups is 2. The molecule has 0 bridgehead atoms. The Labute approximate surface area is 174 Å². The molecule has 2 amide bonds. The highest BCUT2D eigenvalue weighted by atomic mass is 35.5. The van der Waals surface area contributed by atoms with Crippen LogP contribution in [-0.2, 0) is 4.79 Å². The van der Waals surface area contributed by atoms with Crippen molar-refractivity contribution in [2.45, 2.75) is 4.34 Å². The summed E-state index contributed by atoms with van der Waals surface area (Å²) >= 11 is 8.43. The lowest BCUT2D eigenvalue weighted by molar-refractivity contribution is -0.113. The number of nitrogens with zero attached hydrogens (tertiary/aromatic N) is 2. The summed E-state index contributed by atoms with van der Waals surface area (Å²) in [6, 6.07) is 13.7.